The van der Waals surface area contributed by atoms with Crippen molar-refractivity contribution >= 4 is 40.2 Å². The quantitative estimate of drug-likeness (QED) is 0.676. The summed E-state index contributed by atoms with van der Waals surface area (Å²) in [5.74, 6) is -0.702. The van der Waals surface area contributed by atoms with Gasteiger partial charge in [-0.3, -0.25) is 14.8 Å². The highest BCUT2D eigenvalue weighted by molar-refractivity contribution is 6.31. The maximum atomic E-state index is 12.4. The van der Waals surface area contributed by atoms with Crippen molar-refractivity contribution < 1.29 is 19.1 Å². The van der Waals surface area contributed by atoms with Crippen LogP contribution in [0.1, 0.15) is 17.3 Å². The third-order valence-electron chi connectivity index (χ3n) is 3.78. The lowest BCUT2D eigenvalue weighted by Crippen LogP contribution is -2.30. The first-order valence-corrected chi connectivity index (χ1v) is 8.42. The molecule has 1 amide bonds. The fourth-order valence-corrected chi connectivity index (χ4v) is 2.56. The zero-order valence-corrected chi connectivity index (χ0v) is 15.4. The van der Waals surface area contributed by atoms with Gasteiger partial charge in [0.05, 0.1) is 29.4 Å². The topological polar surface area (TPSA) is 90.4 Å². The molecule has 1 heterocycles. The Bertz CT molecular complexity index is 1010. The Morgan fingerprint density at radius 2 is 1.81 bits per heavy atom. The van der Waals surface area contributed by atoms with E-state index in [1.54, 1.807) is 42.6 Å². The molecule has 7 nitrogen and oxygen atoms in total. The number of carbonyl (C=O) groups excluding carboxylic acids is 2. The number of halogens is 1. The van der Waals surface area contributed by atoms with Crippen molar-refractivity contribution in [3.63, 3.8) is 0 Å². The Morgan fingerprint density at radius 1 is 1.07 bits per heavy atom. The smallest absolute Gasteiger partial charge is 0.338 e. The van der Waals surface area contributed by atoms with Gasteiger partial charge in [-0.1, -0.05) is 11.6 Å². The summed E-state index contributed by atoms with van der Waals surface area (Å²) in [6, 6.07) is 9.63. The van der Waals surface area contributed by atoms with E-state index in [0.717, 1.165) is 0 Å². The van der Waals surface area contributed by atoms with E-state index in [0.29, 0.717) is 27.5 Å². The molecular formula is C19H16ClN3O4. The van der Waals surface area contributed by atoms with Gasteiger partial charge in [0.25, 0.3) is 5.91 Å². The van der Waals surface area contributed by atoms with Gasteiger partial charge < -0.3 is 14.8 Å². The lowest BCUT2D eigenvalue weighted by atomic mass is 10.2. The molecule has 0 fully saturated rings. The van der Waals surface area contributed by atoms with Crippen molar-refractivity contribution in [2.24, 2.45) is 0 Å². The van der Waals surface area contributed by atoms with Crippen LogP contribution in [0, 0.1) is 0 Å². The number of fused-ring (bicyclic) bond motifs is 1. The van der Waals surface area contributed by atoms with Crippen molar-refractivity contribution in [1.82, 2.24) is 9.97 Å². The summed E-state index contributed by atoms with van der Waals surface area (Å²) in [6.07, 6.45) is 2.07. The number of nitrogens with zero attached hydrogens (tertiary/aromatic N) is 2. The predicted octanol–water partition coefficient (Wildman–Crippen LogP) is 3.48. The molecule has 3 rings (SSSR count). The van der Waals surface area contributed by atoms with Gasteiger partial charge in [0, 0.05) is 17.4 Å². The number of hydrogen-bond acceptors (Lipinski definition) is 6. The van der Waals surface area contributed by atoms with Gasteiger partial charge in [0.1, 0.15) is 5.75 Å². The summed E-state index contributed by atoms with van der Waals surface area (Å²) < 4.78 is 10.4. The van der Waals surface area contributed by atoms with E-state index < -0.39 is 18.0 Å². The number of anilines is 1. The zero-order valence-electron chi connectivity index (χ0n) is 14.6. The first-order valence-electron chi connectivity index (χ1n) is 8.04. The van der Waals surface area contributed by atoms with Crippen LogP contribution in [0.3, 0.4) is 0 Å². The van der Waals surface area contributed by atoms with Crippen LogP contribution in [-0.2, 0) is 9.53 Å². The molecule has 0 radical (unpaired) electrons. The lowest BCUT2D eigenvalue weighted by Gasteiger charge is -2.15. The van der Waals surface area contributed by atoms with Crippen molar-refractivity contribution in [2.45, 2.75) is 13.0 Å². The predicted molar refractivity (Wildman–Crippen MR) is 101 cm³/mol. The van der Waals surface area contributed by atoms with E-state index in [2.05, 4.69) is 15.3 Å². The van der Waals surface area contributed by atoms with Gasteiger partial charge in [-0.25, -0.2) is 4.79 Å². The standard InChI is InChI=1S/C19H16ClN3O4/c1-11(18(24)23-16-10-13(20)4-6-17(16)26-2)27-19(25)12-3-5-14-15(9-12)22-8-7-21-14/h3-11H,1-2H3,(H,23,24)/t11-/m0/s1. The van der Waals surface area contributed by atoms with Crippen LogP contribution in [0.4, 0.5) is 5.69 Å². The van der Waals surface area contributed by atoms with Gasteiger partial charge in [-0.15, -0.1) is 0 Å². The number of benzene rings is 2. The minimum absolute atomic E-state index is 0.281. The second kappa shape index (κ2) is 8.01. The first kappa shape index (κ1) is 18.6. The van der Waals surface area contributed by atoms with E-state index in [-0.39, 0.29) is 5.56 Å². The number of nitrogens with one attached hydrogen (secondary N) is 1. The molecule has 0 aliphatic rings. The van der Waals surface area contributed by atoms with Gasteiger partial charge >= 0.3 is 5.97 Å². The normalized spacial score (nSPS) is 11.7. The highest BCUT2D eigenvalue weighted by atomic mass is 35.5. The van der Waals surface area contributed by atoms with Crippen LogP contribution >= 0.6 is 11.6 Å². The first-order chi connectivity index (χ1) is 13.0. The number of methoxy groups -OCH3 is 1. The van der Waals surface area contributed by atoms with Crippen LogP contribution in [0.2, 0.25) is 5.02 Å². The van der Waals surface area contributed by atoms with E-state index >= 15 is 0 Å². The third-order valence-corrected chi connectivity index (χ3v) is 4.01. The van der Waals surface area contributed by atoms with Crippen LogP contribution < -0.4 is 10.1 Å². The number of esters is 1. The number of amides is 1. The highest BCUT2D eigenvalue weighted by Gasteiger charge is 2.20. The number of carbonyl (C=O) groups is 2. The number of rotatable bonds is 5. The minimum atomic E-state index is -1.03. The maximum absolute atomic E-state index is 12.4. The van der Waals surface area contributed by atoms with E-state index in [9.17, 15) is 9.59 Å². The molecule has 1 atom stereocenters. The summed E-state index contributed by atoms with van der Waals surface area (Å²) in [5.41, 5.74) is 1.89. The lowest BCUT2D eigenvalue weighted by molar-refractivity contribution is -0.123. The van der Waals surface area contributed by atoms with Crippen molar-refractivity contribution in [3.05, 3.63) is 59.4 Å². The van der Waals surface area contributed by atoms with Crippen LogP contribution in [0.25, 0.3) is 11.0 Å². The Hall–Kier alpha value is -3.19. The van der Waals surface area contributed by atoms with Gasteiger partial charge in [-0.05, 0) is 43.3 Å². The summed E-state index contributed by atoms with van der Waals surface area (Å²) in [7, 11) is 1.48. The molecule has 27 heavy (non-hydrogen) atoms. The summed E-state index contributed by atoms with van der Waals surface area (Å²) >= 11 is 5.95. The molecule has 1 aromatic heterocycles. The van der Waals surface area contributed by atoms with Crippen molar-refractivity contribution in [3.8, 4) is 5.75 Å². The molecule has 0 saturated heterocycles. The van der Waals surface area contributed by atoms with Gasteiger partial charge in [0.15, 0.2) is 6.10 Å². The molecule has 138 valence electrons. The molecule has 3 aromatic rings. The van der Waals surface area contributed by atoms with Crippen molar-refractivity contribution in [2.75, 3.05) is 12.4 Å². The SMILES string of the molecule is COc1ccc(Cl)cc1NC(=O)[C@H](C)OC(=O)c1ccc2nccnc2c1. The van der Waals surface area contributed by atoms with Gasteiger partial charge in [-0.2, -0.15) is 0 Å². The number of hydrogen-bond donors (Lipinski definition) is 1. The van der Waals surface area contributed by atoms with E-state index in [4.69, 9.17) is 21.1 Å². The summed E-state index contributed by atoms with van der Waals surface area (Å²) in [4.78, 5) is 33.0. The Balaban J connectivity index is 1.70. The number of ether oxygens (including phenoxy) is 2. The zero-order chi connectivity index (χ0) is 19.4. The average Bonchev–Trinajstić information content (AvgIpc) is 2.67. The maximum Gasteiger partial charge on any atom is 0.338 e. The molecular weight excluding hydrogens is 370 g/mol. The molecule has 0 bridgehead atoms. The monoisotopic (exact) mass is 385 g/mol. The molecule has 2 aromatic carbocycles. The Labute approximate surface area is 160 Å². The molecule has 0 saturated carbocycles. The van der Waals surface area contributed by atoms with Crippen LogP contribution in [0.5, 0.6) is 5.75 Å². The fraction of sp³-hybridized carbons (Fsp3) is 0.158. The molecule has 0 aliphatic carbocycles. The van der Waals surface area contributed by atoms with Crippen LogP contribution in [0.15, 0.2) is 48.8 Å². The molecule has 8 heteroatoms. The van der Waals surface area contributed by atoms with Crippen LogP contribution in [-0.4, -0.2) is 35.1 Å². The molecule has 0 unspecified atom stereocenters. The Morgan fingerprint density at radius 3 is 2.56 bits per heavy atom. The van der Waals surface area contributed by atoms with E-state index in [1.165, 1.54) is 20.2 Å². The largest absolute Gasteiger partial charge is 0.495 e. The Kier molecular flexibility index (Phi) is 5.52. The van der Waals surface area contributed by atoms with E-state index in [1.807, 2.05) is 0 Å². The summed E-state index contributed by atoms with van der Waals surface area (Å²) in [6.45, 7) is 1.48. The highest BCUT2D eigenvalue weighted by Crippen LogP contribution is 2.27. The minimum Gasteiger partial charge on any atom is -0.495 e. The number of aromatic nitrogens is 2. The second-order valence-corrected chi connectivity index (χ2v) is 6.08. The third kappa shape index (κ3) is 4.32. The van der Waals surface area contributed by atoms with Crippen molar-refractivity contribution in [1.29, 1.82) is 0 Å². The molecule has 0 spiro atoms. The molecule has 0 aliphatic heterocycles. The van der Waals surface area contributed by atoms with Gasteiger partial charge in [0.2, 0.25) is 0 Å². The molecule has 1 N–H and O–H groups in total. The second-order valence-electron chi connectivity index (χ2n) is 5.64. The average molecular weight is 386 g/mol. The fourth-order valence-electron chi connectivity index (χ4n) is 2.38. The summed E-state index contributed by atoms with van der Waals surface area (Å²) in [5, 5.41) is 3.08.